The van der Waals surface area contributed by atoms with Crippen molar-refractivity contribution in [2.45, 2.75) is 32.9 Å². The average Bonchev–Trinajstić information content (AvgIpc) is 2.79. The van der Waals surface area contributed by atoms with E-state index in [1.165, 1.54) is 5.56 Å². The molecule has 0 radical (unpaired) electrons. The van der Waals surface area contributed by atoms with Crippen molar-refractivity contribution in [3.8, 4) is 0 Å². The molecule has 0 amide bonds. The van der Waals surface area contributed by atoms with Gasteiger partial charge in [-0.15, -0.1) is 0 Å². The van der Waals surface area contributed by atoms with E-state index in [9.17, 15) is 4.79 Å². The maximum atomic E-state index is 10.6. The molecule has 0 bridgehead atoms. The first-order chi connectivity index (χ1) is 9.20. The van der Waals surface area contributed by atoms with Gasteiger partial charge in [-0.25, -0.2) is 9.13 Å². The van der Waals surface area contributed by atoms with E-state index in [4.69, 9.17) is 5.11 Å². The Morgan fingerprint density at radius 1 is 1.32 bits per heavy atom. The number of aromatic nitrogens is 2. The van der Waals surface area contributed by atoms with Crippen LogP contribution in [0.1, 0.15) is 24.7 Å². The molecular formula is C15H19N2O2+. The normalized spacial score (nSPS) is 10.6. The maximum Gasteiger partial charge on any atom is 0.307 e. The second-order valence-corrected chi connectivity index (χ2v) is 4.52. The van der Waals surface area contributed by atoms with Crippen molar-refractivity contribution >= 4 is 5.97 Å². The fourth-order valence-electron chi connectivity index (χ4n) is 2.25. The minimum absolute atomic E-state index is 0.160. The topological polar surface area (TPSA) is 46.1 Å². The minimum Gasteiger partial charge on any atom is -0.481 e. The molecule has 0 atom stereocenters. The molecule has 2 aromatic rings. The molecule has 0 spiro atoms. The van der Waals surface area contributed by atoms with Gasteiger partial charge in [-0.3, -0.25) is 4.79 Å². The highest BCUT2D eigenvalue weighted by molar-refractivity contribution is 5.66. The smallest absolute Gasteiger partial charge is 0.307 e. The van der Waals surface area contributed by atoms with Crippen LogP contribution in [-0.4, -0.2) is 15.6 Å². The third-order valence-corrected chi connectivity index (χ3v) is 3.17. The summed E-state index contributed by atoms with van der Waals surface area (Å²) < 4.78 is 4.20. The van der Waals surface area contributed by atoms with Crippen molar-refractivity contribution in [3.63, 3.8) is 0 Å². The molecule has 0 unspecified atom stereocenters. The van der Waals surface area contributed by atoms with Gasteiger partial charge < -0.3 is 5.11 Å². The SMILES string of the molecule is CCc1n(CCC(=O)O)cc[n+]1Cc1ccccc1. The first kappa shape index (κ1) is 13.3. The van der Waals surface area contributed by atoms with Crippen LogP contribution in [0.25, 0.3) is 0 Å². The Kier molecular flexibility index (Phi) is 4.34. The second-order valence-electron chi connectivity index (χ2n) is 4.52. The van der Waals surface area contributed by atoms with Crippen molar-refractivity contribution in [2.24, 2.45) is 0 Å². The summed E-state index contributed by atoms with van der Waals surface area (Å²) in [7, 11) is 0. The zero-order valence-corrected chi connectivity index (χ0v) is 11.1. The Bertz CT molecular complexity index is 547. The minimum atomic E-state index is -0.759. The number of aryl methyl sites for hydroxylation is 1. The van der Waals surface area contributed by atoms with Crippen LogP contribution >= 0.6 is 0 Å². The highest BCUT2D eigenvalue weighted by Crippen LogP contribution is 2.03. The maximum absolute atomic E-state index is 10.6. The van der Waals surface area contributed by atoms with Gasteiger partial charge in [0.2, 0.25) is 0 Å². The van der Waals surface area contributed by atoms with Crippen molar-refractivity contribution < 1.29 is 14.5 Å². The van der Waals surface area contributed by atoms with E-state index in [1.54, 1.807) is 0 Å². The molecule has 1 aromatic heterocycles. The fraction of sp³-hybridized carbons (Fsp3) is 0.333. The van der Waals surface area contributed by atoms with Gasteiger partial charge in [0.15, 0.2) is 0 Å². The zero-order valence-electron chi connectivity index (χ0n) is 11.1. The van der Waals surface area contributed by atoms with Crippen LogP contribution < -0.4 is 4.57 Å². The van der Waals surface area contributed by atoms with Crippen molar-refractivity contribution in [3.05, 3.63) is 54.1 Å². The molecule has 0 aliphatic heterocycles. The van der Waals surface area contributed by atoms with Gasteiger partial charge in [-0.2, -0.15) is 0 Å². The highest BCUT2D eigenvalue weighted by atomic mass is 16.4. The number of hydrogen-bond acceptors (Lipinski definition) is 1. The lowest BCUT2D eigenvalue weighted by molar-refractivity contribution is -0.695. The number of hydrogen-bond donors (Lipinski definition) is 1. The number of imidazole rings is 1. The molecule has 0 fully saturated rings. The molecule has 19 heavy (non-hydrogen) atoms. The number of rotatable bonds is 6. The lowest BCUT2D eigenvalue weighted by Gasteiger charge is -2.03. The largest absolute Gasteiger partial charge is 0.481 e. The fourth-order valence-corrected chi connectivity index (χ4v) is 2.25. The van der Waals surface area contributed by atoms with Crippen LogP contribution in [0.4, 0.5) is 0 Å². The molecule has 1 N–H and O–H groups in total. The van der Waals surface area contributed by atoms with Gasteiger partial charge in [-0.05, 0) is 5.56 Å². The summed E-state index contributed by atoms with van der Waals surface area (Å²) in [6.45, 7) is 3.44. The number of aliphatic carboxylic acids is 1. The Hall–Kier alpha value is -2.10. The summed E-state index contributed by atoms with van der Waals surface area (Å²) >= 11 is 0. The number of carboxylic acid groups (broad SMARTS) is 1. The molecule has 0 aliphatic carbocycles. The molecule has 0 saturated heterocycles. The Labute approximate surface area is 112 Å². The predicted molar refractivity (Wildman–Crippen MR) is 71.8 cm³/mol. The summed E-state index contributed by atoms with van der Waals surface area (Å²) in [5.41, 5.74) is 1.25. The molecular weight excluding hydrogens is 240 g/mol. The van der Waals surface area contributed by atoms with E-state index >= 15 is 0 Å². The molecule has 4 heteroatoms. The molecule has 0 aliphatic rings. The highest BCUT2D eigenvalue weighted by Gasteiger charge is 2.16. The number of nitrogens with zero attached hydrogens (tertiary/aromatic N) is 2. The van der Waals surface area contributed by atoms with E-state index in [-0.39, 0.29) is 6.42 Å². The van der Waals surface area contributed by atoms with Gasteiger partial charge in [-0.1, -0.05) is 37.3 Å². The second kappa shape index (κ2) is 6.18. The van der Waals surface area contributed by atoms with E-state index in [1.807, 2.05) is 35.2 Å². The predicted octanol–water partition coefficient (Wildman–Crippen LogP) is 1.86. The van der Waals surface area contributed by atoms with Crippen molar-refractivity contribution in [1.29, 1.82) is 0 Å². The standard InChI is InChI=1S/C15H18N2O2/c1-2-14-16(9-8-15(18)19)10-11-17(14)12-13-6-4-3-5-7-13/h3-7,10-11H,2,8-9,12H2,1H3/p+1. The van der Waals surface area contributed by atoms with Gasteiger partial charge in [0.05, 0.1) is 6.42 Å². The van der Waals surface area contributed by atoms with Gasteiger partial charge in [0, 0.05) is 6.42 Å². The lowest BCUT2D eigenvalue weighted by atomic mass is 10.2. The number of carboxylic acids is 1. The molecule has 1 aromatic carbocycles. The summed E-state index contributed by atoms with van der Waals surface area (Å²) in [6, 6.07) is 10.3. The van der Waals surface area contributed by atoms with Crippen LogP contribution in [0, 0.1) is 0 Å². The van der Waals surface area contributed by atoms with E-state index in [0.29, 0.717) is 6.54 Å². The van der Waals surface area contributed by atoms with Crippen LogP contribution in [0.5, 0.6) is 0 Å². The summed E-state index contributed by atoms with van der Waals surface area (Å²) in [5, 5.41) is 8.76. The first-order valence-electron chi connectivity index (χ1n) is 6.54. The molecule has 1 heterocycles. The van der Waals surface area contributed by atoms with Crippen LogP contribution in [0.2, 0.25) is 0 Å². The molecule has 100 valence electrons. The number of benzene rings is 1. The van der Waals surface area contributed by atoms with E-state index in [2.05, 4.69) is 23.6 Å². The lowest BCUT2D eigenvalue weighted by Crippen LogP contribution is -2.37. The first-order valence-corrected chi connectivity index (χ1v) is 6.54. The third kappa shape index (κ3) is 3.44. The Balaban J connectivity index is 2.15. The molecule has 0 saturated carbocycles. The van der Waals surface area contributed by atoms with Crippen molar-refractivity contribution in [2.75, 3.05) is 0 Å². The monoisotopic (exact) mass is 259 g/mol. The van der Waals surface area contributed by atoms with Crippen molar-refractivity contribution in [1.82, 2.24) is 4.57 Å². The van der Waals surface area contributed by atoms with Gasteiger partial charge in [0.1, 0.15) is 25.5 Å². The average molecular weight is 259 g/mol. The van der Waals surface area contributed by atoms with Gasteiger partial charge in [0.25, 0.3) is 5.82 Å². The van der Waals surface area contributed by atoms with E-state index < -0.39 is 5.97 Å². The van der Waals surface area contributed by atoms with Crippen LogP contribution in [0.15, 0.2) is 42.7 Å². The van der Waals surface area contributed by atoms with Crippen LogP contribution in [-0.2, 0) is 24.3 Å². The summed E-state index contributed by atoms with van der Waals surface area (Å²) in [4.78, 5) is 10.6. The zero-order chi connectivity index (χ0) is 13.7. The summed E-state index contributed by atoms with van der Waals surface area (Å²) in [5.74, 6) is 0.399. The third-order valence-electron chi connectivity index (χ3n) is 3.17. The van der Waals surface area contributed by atoms with Crippen LogP contribution in [0.3, 0.4) is 0 Å². The Morgan fingerprint density at radius 3 is 2.68 bits per heavy atom. The number of carbonyl (C=O) groups is 1. The summed E-state index contributed by atoms with van der Waals surface area (Å²) in [6.07, 6.45) is 5.03. The molecule has 4 nitrogen and oxygen atoms in total. The molecule has 2 rings (SSSR count). The quantitative estimate of drug-likeness (QED) is 0.805. The Morgan fingerprint density at radius 2 is 2.05 bits per heavy atom. The van der Waals surface area contributed by atoms with Gasteiger partial charge >= 0.3 is 5.97 Å². The van der Waals surface area contributed by atoms with E-state index in [0.717, 1.165) is 18.8 Å².